The van der Waals surface area contributed by atoms with Gasteiger partial charge in [0, 0.05) is 17.1 Å². The molecule has 2 aromatic rings. The van der Waals surface area contributed by atoms with Crippen molar-refractivity contribution in [2.24, 2.45) is 0 Å². The summed E-state index contributed by atoms with van der Waals surface area (Å²) in [5, 5.41) is 3.86. The first-order valence-corrected chi connectivity index (χ1v) is 6.81. The van der Waals surface area contributed by atoms with Crippen molar-refractivity contribution in [1.29, 1.82) is 0 Å². The van der Waals surface area contributed by atoms with Gasteiger partial charge in [0.05, 0.1) is 0 Å². The zero-order valence-corrected chi connectivity index (χ0v) is 11.9. The van der Waals surface area contributed by atoms with E-state index in [0.29, 0.717) is 17.0 Å². The fourth-order valence-electron chi connectivity index (χ4n) is 2.24. The zero-order chi connectivity index (χ0) is 14.5. The molecule has 0 amide bonds. The van der Waals surface area contributed by atoms with Crippen LogP contribution in [0.5, 0.6) is 0 Å². The van der Waals surface area contributed by atoms with E-state index < -0.39 is 11.6 Å². The minimum Gasteiger partial charge on any atom is -0.316 e. The van der Waals surface area contributed by atoms with Crippen molar-refractivity contribution < 1.29 is 8.78 Å². The van der Waals surface area contributed by atoms with Gasteiger partial charge in [-0.25, -0.2) is 8.78 Å². The van der Waals surface area contributed by atoms with Crippen LogP contribution in [0.15, 0.2) is 42.5 Å². The minimum atomic E-state index is -0.544. The van der Waals surface area contributed by atoms with Gasteiger partial charge in [-0.3, -0.25) is 0 Å². The second-order valence-corrected chi connectivity index (χ2v) is 5.24. The smallest absolute Gasteiger partial charge is 0.126 e. The molecule has 0 aliphatic rings. The number of rotatable bonds is 5. The highest BCUT2D eigenvalue weighted by molar-refractivity contribution is 6.30. The number of halogens is 3. The van der Waals surface area contributed by atoms with Crippen LogP contribution in [-0.4, -0.2) is 13.1 Å². The lowest BCUT2D eigenvalue weighted by Crippen LogP contribution is -2.30. The monoisotopic (exact) mass is 295 g/mol. The largest absolute Gasteiger partial charge is 0.316 e. The molecule has 1 nitrogen and oxygen atoms in total. The van der Waals surface area contributed by atoms with Gasteiger partial charge in [0.25, 0.3) is 0 Å². The number of nitrogens with one attached hydrogen (secondary N) is 1. The van der Waals surface area contributed by atoms with Crippen LogP contribution in [0.1, 0.15) is 11.1 Å². The first-order chi connectivity index (χ1) is 9.56. The molecule has 1 unspecified atom stereocenters. The maximum atomic E-state index is 13.2. The van der Waals surface area contributed by atoms with Crippen molar-refractivity contribution in [3.63, 3.8) is 0 Å². The molecule has 0 saturated heterocycles. The number of likely N-dealkylation sites (N-methyl/N-ethyl adjacent to an activating group) is 1. The highest BCUT2D eigenvalue weighted by Crippen LogP contribution is 2.15. The summed E-state index contributed by atoms with van der Waals surface area (Å²) in [6.45, 7) is 0. The zero-order valence-electron chi connectivity index (χ0n) is 11.2. The number of hydrogen-bond acceptors (Lipinski definition) is 1. The highest BCUT2D eigenvalue weighted by atomic mass is 35.5. The molecule has 0 aliphatic heterocycles. The van der Waals surface area contributed by atoms with Crippen molar-refractivity contribution in [2.75, 3.05) is 7.05 Å². The van der Waals surface area contributed by atoms with Crippen LogP contribution in [0, 0.1) is 11.6 Å². The maximum Gasteiger partial charge on any atom is 0.126 e. The third-order valence-corrected chi connectivity index (χ3v) is 3.42. The predicted molar refractivity (Wildman–Crippen MR) is 78.1 cm³/mol. The molecule has 2 aromatic carbocycles. The van der Waals surface area contributed by atoms with Gasteiger partial charge < -0.3 is 5.32 Å². The van der Waals surface area contributed by atoms with Crippen LogP contribution in [0.25, 0.3) is 0 Å². The van der Waals surface area contributed by atoms with E-state index in [9.17, 15) is 8.78 Å². The van der Waals surface area contributed by atoms with Crippen LogP contribution in [-0.2, 0) is 12.8 Å². The van der Waals surface area contributed by atoms with Crippen molar-refractivity contribution in [1.82, 2.24) is 5.32 Å². The van der Waals surface area contributed by atoms with Gasteiger partial charge in [-0.2, -0.15) is 0 Å². The Morgan fingerprint density at radius 1 is 1.00 bits per heavy atom. The van der Waals surface area contributed by atoms with E-state index >= 15 is 0 Å². The van der Waals surface area contributed by atoms with Crippen molar-refractivity contribution in [2.45, 2.75) is 18.9 Å². The molecule has 0 bridgehead atoms. The Kier molecular flexibility index (Phi) is 5.10. The van der Waals surface area contributed by atoms with Crippen LogP contribution in [0.3, 0.4) is 0 Å². The van der Waals surface area contributed by atoms with Gasteiger partial charge in [-0.15, -0.1) is 0 Å². The maximum absolute atomic E-state index is 13.2. The topological polar surface area (TPSA) is 12.0 Å². The molecule has 0 saturated carbocycles. The second-order valence-electron chi connectivity index (χ2n) is 4.80. The number of hydrogen-bond donors (Lipinski definition) is 1. The van der Waals surface area contributed by atoms with Gasteiger partial charge in [-0.05, 0) is 55.3 Å². The SMILES string of the molecule is CNC(Cc1cc(F)cc(F)c1)Cc1cccc(Cl)c1. The average molecular weight is 296 g/mol. The van der Waals surface area contributed by atoms with E-state index in [1.165, 1.54) is 12.1 Å². The number of benzene rings is 2. The minimum absolute atomic E-state index is 0.0923. The van der Waals surface area contributed by atoms with Gasteiger partial charge in [0.2, 0.25) is 0 Å². The lowest BCUT2D eigenvalue weighted by Gasteiger charge is -2.16. The molecule has 106 valence electrons. The second kappa shape index (κ2) is 6.82. The Labute approximate surface area is 122 Å². The van der Waals surface area contributed by atoms with Gasteiger partial charge >= 0.3 is 0 Å². The molecule has 20 heavy (non-hydrogen) atoms. The Morgan fingerprint density at radius 2 is 1.65 bits per heavy atom. The van der Waals surface area contributed by atoms with Crippen LogP contribution < -0.4 is 5.32 Å². The van der Waals surface area contributed by atoms with Gasteiger partial charge in [-0.1, -0.05) is 23.7 Å². The van der Waals surface area contributed by atoms with E-state index in [0.717, 1.165) is 18.1 Å². The molecular weight excluding hydrogens is 280 g/mol. The molecule has 0 aliphatic carbocycles. The molecule has 0 radical (unpaired) electrons. The van der Waals surface area contributed by atoms with Crippen LogP contribution in [0.2, 0.25) is 5.02 Å². The van der Waals surface area contributed by atoms with Crippen molar-refractivity contribution in [3.8, 4) is 0 Å². The third kappa shape index (κ3) is 4.29. The summed E-state index contributed by atoms with van der Waals surface area (Å²) in [5.41, 5.74) is 1.73. The Morgan fingerprint density at radius 3 is 2.25 bits per heavy atom. The molecule has 1 atom stereocenters. The summed E-state index contributed by atoms with van der Waals surface area (Å²) in [6, 6.07) is 11.3. The first-order valence-electron chi connectivity index (χ1n) is 6.43. The predicted octanol–water partition coefficient (Wildman–Crippen LogP) is 3.99. The Bertz CT molecular complexity index is 566. The van der Waals surface area contributed by atoms with E-state index in [-0.39, 0.29) is 6.04 Å². The fourth-order valence-corrected chi connectivity index (χ4v) is 2.45. The van der Waals surface area contributed by atoms with E-state index in [1.807, 2.05) is 31.3 Å². The summed E-state index contributed by atoms with van der Waals surface area (Å²) in [5.74, 6) is -1.09. The average Bonchev–Trinajstić information content (AvgIpc) is 2.36. The molecule has 2 rings (SSSR count). The fraction of sp³-hybridized carbons (Fsp3) is 0.250. The Balaban J connectivity index is 2.09. The lowest BCUT2D eigenvalue weighted by atomic mass is 9.99. The van der Waals surface area contributed by atoms with Crippen molar-refractivity contribution >= 4 is 11.6 Å². The highest BCUT2D eigenvalue weighted by Gasteiger charge is 2.10. The molecule has 0 spiro atoms. The van der Waals surface area contributed by atoms with E-state index in [1.54, 1.807) is 0 Å². The van der Waals surface area contributed by atoms with Gasteiger partial charge in [0.1, 0.15) is 11.6 Å². The van der Waals surface area contributed by atoms with Crippen LogP contribution >= 0.6 is 11.6 Å². The normalized spacial score (nSPS) is 12.4. The van der Waals surface area contributed by atoms with E-state index in [4.69, 9.17) is 11.6 Å². The molecule has 0 heterocycles. The molecular formula is C16H16ClF2N. The summed E-state index contributed by atoms with van der Waals surface area (Å²) >= 11 is 5.95. The van der Waals surface area contributed by atoms with Crippen LogP contribution in [0.4, 0.5) is 8.78 Å². The summed E-state index contributed by atoms with van der Waals surface area (Å²) in [4.78, 5) is 0. The molecule has 0 fully saturated rings. The molecule has 1 N–H and O–H groups in total. The molecule has 4 heteroatoms. The van der Waals surface area contributed by atoms with Gasteiger partial charge in [0.15, 0.2) is 0 Å². The summed E-state index contributed by atoms with van der Waals surface area (Å²) in [7, 11) is 1.84. The summed E-state index contributed by atoms with van der Waals surface area (Å²) < 4.78 is 26.4. The summed E-state index contributed by atoms with van der Waals surface area (Å²) in [6.07, 6.45) is 1.30. The van der Waals surface area contributed by atoms with E-state index in [2.05, 4.69) is 5.32 Å². The molecule has 0 aromatic heterocycles. The quantitative estimate of drug-likeness (QED) is 0.879. The Hall–Kier alpha value is -1.45. The standard InChI is InChI=1S/C16H16ClF2N/c1-20-16(8-11-3-2-4-13(17)5-11)9-12-6-14(18)10-15(19)7-12/h2-7,10,16,20H,8-9H2,1H3. The third-order valence-electron chi connectivity index (χ3n) is 3.18. The lowest BCUT2D eigenvalue weighted by molar-refractivity contribution is 0.543. The first kappa shape index (κ1) is 14.9. The van der Waals surface area contributed by atoms with Crippen molar-refractivity contribution in [3.05, 3.63) is 70.2 Å².